The predicted octanol–water partition coefficient (Wildman–Crippen LogP) is 5.46. The minimum Gasteiger partial charge on any atom is -0.489 e. The van der Waals surface area contributed by atoms with Crippen molar-refractivity contribution in [1.82, 2.24) is 0 Å². The van der Waals surface area contributed by atoms with Crippen LogP contribution in [0, 0.1) is 0 Å². The summed E-state index contributed by atoms with van der Waals surface area (Å²) in [6.45, 7) is 4.91. The van der Waals surface area contributed by atoms with Crippen molar-refractivity contribution in [2.75, 3.05) is 20.3 Å². The first-order valence-corrected chi connectivity index (χ1v) is 9.41. The van der Waals surface area contributed by atoms with Gasteiger partial charge in [-0.3, -0.25) is 4.57 Å². The van der Waals surface area contributed by atoms with Crippen molar-refractivity contribution < 1.29 is 18.3 Å². The Labute approximate surface area is 134 Å². The Morgan fingerprint density at radius 2 is 1.59 bits per heavy atom. The van der Waals surface area contributed by atoms with Gasteiger partial charge in [-0.15, -0.1) is 0 Å². The molecule has 0 saturated heterocycles. The van der Waals surface area contributed by atoms with Crippen molar-refractivity contribution in [3.63, 3.8) is 0 Å². The van der Waals surface area contributed by atoms with Crippen molar-refractivity contribution in [2.45, 2.75) is 39.5 Å². The lowest BCUT2D eigenvalue weighted by atomic mass is 10.2. The largest absolute Gasteiger partial charge is 0.489 e. The van der Waals surface area contributed by atoms with Gasteiger partial charge >= 0.3 is 7.60 Å². The van der Waals surface area contributed by atoms with Gasteiger partial charge in [-0.05, 0) is 24.5 Å². The number of rotatable bonds is 11. The quantitative estimate of drug-likeness (QED) is 0.308. The first kappa shape index (κ1) is 19.0. The third-order valence-electron chi connectivity index (χ3n) is 3.09. The summed E-state index contributed by atoms with van der Waals surface area (Å²) in [4.78, 5) is 0. The van der Waals surface area contributed by atoms with E-state index in [9.17, 15) is 4.57 Å². The average molecular weight is 326 g/mol. The molecule has 124 valence electrons. The fourth-order valence-corrected chi connectivity index (χ4v) is 3.36. The number of methoxy groups -OCH3 is 1. The van der Waals surface area contributed by atoms with Crippen LogP contribution in [-0.4, -0.2) is 20.3 Å². The molecule has 0 saturated carbocycles. The van der Waals surface area contributed by atoms with Gasteiger partial charge < -0.3 is 13.8 Å². The zero-order valence-electron chi connectivity index (χ0n) is 13.8. The Morgan fingerprint density at radius 3 is 2.05 bits per heavy atom. The lowest BCUT2D eigenvalue weighted by molar-refractivity contribution is 0.184. The fourth-order valence-electron chi connectivity index (χ4n) is 1.76. The van der Waals surface area contributed by atoms with Crippen LogP contribution in [0.15, 0.2) is 35.8 Å². The van der Waals surface area contributed by atoms with Gasteiger partial charge in [0, 0.05) is 0 Å². The van der Waals surface area contributed by atoms with Crippen LogP contribution in [-0.2, 0) is 18.3 Å². The second-order valence-electron chi connectivity index (χ2n) is 4.97. The lowest BCUT2D eigenvalue weighted by Crippen LogP contribution is -2.03. The van der Waals surface area contributed by atoms with E-state index in [0.29, 0.717) is 13.2 Å². The predicted molar refractivity (Wildman–Crippen MR) is 90.8 cm³/mol. The zero-order chi connectivity index (χ0) is 16.3. The van der Waals surface area contributed by atoms with Crippen LogP contribution >= 0.6 is 7.60 Å². The molecule has 0 spiro atoms. The normalized spacial score (nSPS) is 12.4. The maximum atomic E-state index is 13.1. The molecular weight excluding hydrogens is 299 g/mol. The average Bonchev–Trinajstić information content (AvgIpc) is 2.54. The van der Waals surface area contributed by atoms with Gasteiger partial charge in [-0.1, -0.05) is 57.0 Å². The summed E-state index contributed by atoms with van der Waals surface area (Å²) in [5.41, 5.74) is 1.16. The van der Waals surface area contributed by atoms with E-state index in [1.54, 1.807) is 6.08 Å². The van der Waals surface area contributed by atoms with Gasteiger partial charge in [0.1, 0.15) is 0 Å². The smallest absolute Gasteiger partial charge is 0.395 e. The molecule has 1 rings (SSSR count). The van der Waals surface area contributed by atoms with E-state index in [-0.39, 0.29) is 5.50 Å². The molecule has 1 aromatic rings. The summed E-state index contributed by atoms with van der Waals surface area (Å²) in [6.07, 6.45) is 5.34. The number of hydrogen-bond acceptors (Lipinski definition) is 4. The van der Waals surface area contributed by atoms with E-state index in [2.05, 4.69) is 13.8 Å². The number of benzene rings is 1. The number of unbranched alkanes of at least 4 members (excludes halogenated alkanes) is 2. The van der Waals surface area contributed by atoms with Crippen LogP contribution < -0.4 is 0 Å². The minimum absolute atomic E-state index is 0.255. The molecule has 0 unspecified atom stereocenters. The molecule has 0 bridgehead atoms. The van der Waals surface area contributed by atoms with E-state index >= 15 is 0 Å². The SMILES string of the molecule is CCCCOP(=O)(OCCCC)/C(=C/c1ccccc1)OC. The first-order chi connectivity index (χ1) is 10.7. The van der Waals surface area contributed by atoms with Crippen LogP contribution in [0.1, 0.15) is 45.1 Å². The topological polar surface area (TPSA) is 44.8 Å². The summed E-state index contributed by atoms with van der Waals surface area (Å²) < 4.78 is 29.6. The Kier molecular flexibility index (Phi) is 9.14. The summed E-state index contributed by atoms with van der Waals surface area (Å²) in [5.74, 6) is 0. The Bertz CT molecular complexity index is 471. The number of hydrogen-bond donors (Lipinski definition) is 0. The molecule has 0 aromatic heterocycles. The van der Waals surface area contributed by atoms with Crippen molar-refractivity contribution in [3.8, 4) is 0 Å². The molecule has 0 N–H and O–H groups in total. The highest BCUT2D eigenvalue weighted by molar-refractivity contribution is 7.58. The van der Waals surface area contributed by atoms with E-state index < -0.39 is 7.60 Å². The minimum atomic E-state index is -3.42. The highest BCUT2D eigenvalue weighted by atomic mass is 31.2. The Morgan fingerprint density at radius 1 is 1.05 bits per heavy atom. The third-order valence-corrected chi connectivity index (χ3v) is 4.98. The van der Waals surface area contributed by atoms with Gasteiger partial charge in [0.2, 0.25) is 5.50 Å². The van der Waals surface area contributed by atoms with E-state index in [0.717, 1.165) is 31.2 Å². The van der Waals surface area contributed by atoms with Crippen molar-refractivity contribution in [1.29, 1.82) is 0 Å². The Balaban J connectivity index is 2.94. The van der Waals surface area contributed by atoms with Crippen LogP contribution in [0.3, 0.4) is 0 Å². The molecule has 0 radical (unpaired) electrons. The third kappa shape index (κ3) is 6.35. The van der Waals surface area contributed by atoms with Gasteiger partial charge in [-0.2, -0.15) is 0 Å². The highest BCUT2D eigenvalue weighted by Crippen LogP contribution is 2.57. The van der Waals surface area contributed by atoms with Gasteiger partial charge in [0.25, 0.3) is 0 Å². The van der Waals surface area contributed by atoms with E-state index in [1.165, 1.54) is 7.11 Å². The van der Waals surface area contributed by atoms with Crippen LogP contribution in [0.4, 0.5) is 0 Å². The first-order valence-electron chi connectivity index (χ1n) is 7.86. The lowest BCUT2D eigenvalue weighted by Gasteiger charge is -2.20. The fraction of sp³-hybridized carbons (Fsp3) is 0.529. The van der Waals surface area contributed by atoms with Crippen LogP contribution in [0.25, 0.3) is 6.08 Å². The molecule has 0 fully saturated rings. The molecule has 0 atom stereocenters. The summed E-state index contributed by atoms with van der Waals surface area (Å²) in [6, 6.07) is 9.60. The molecule has 0 heterocycles. The van der Waals surface area contributed by atoms with E-state index in [4.69, 9.17) is 13.8 Å². The molecule has 22 heavy (non-hydrogen) atoms. The number of ether oxygens (including phenoxy) is 1. The maximum Gasteiger partial charge on any atom is 0.395 e. The van der Waals surface area contributed by atoms with Crippen molar-refractivity contribution >= 4 is 13.7 Å². The Hall–Kier alpha value is -1.09. The summed E-state index contributed by atoms with van der Waals surface area (Å²) in [5, 5.41) is 0. The summed E-state index contributed by atoms with van der Waals surface area (Å²) in [7, 11) is -1.92. The second kappa shape index (κ2) is 10.6. The van der Waals surface area contributed by atoms with Gasteiger partial charge in [-0.25, -0.2) is 0 Å². The molecule has 4 nitrogen and oxygen atoms in total. The molecule has 1 aromatic carbocycles. The summed E-state index contributed by atoms with van der Waals surface area (Å²) >= 11 is 0. The molecular formula is C17H27O4P. The monoisotopic (exact) mass is 326 g/mol. The molecule has 0 aliphatic heterocycles. The molecule has 5 heteroatoms. The standard InChI is InChI=1S/C17H27O4P/c1-4-6-13-20-22(18,21-14-7-5-2)17(19-3)15-16-11-9-8-10-12-16/h8-12,15H,4-7,13-14H2,1-3H3/b17-15+. The van der Waals surface area contributed by atoms with Gasteiger partial charge in [0.05, 0.1) is 20.3 Å². The van der Waals surface area contributed by atoms with Crippen molar-refractivity contribution in [2.24, 2.45) is 0 Å². The van der Waals surface area contributed by atoms with Crippen LogP contribution in [0.2, 0.25) is 0 Å². The molecule has 0 aliphatic rings. The highest BCUT2D eigenvalue weighted by Gasteiger charge is 2.31. The van der Waals surface area contributed by atoms with E-state index in [1.807, 2.05) is 30.3 Å². The molecule has 0 amide bonds. The molecule has 0 aliphatic carbocycles. The van der Waals surface area contributed by atoms with Crippen LogP contribution in [0.5, 0.6) is 0 Å². The maximum absolute atomic E-state index is 13.1. The zero-order valence-corrected chi connectivity index (χ0v) is 14.7. The van der Waals surface area contributed by atoms with Gasteiger partial charge in [0.15, 0.2) is 0 Å². The van der Waals surface area contributed by atoms with Crippen molar-refractivity contribution in [3.05, 3.63) is 41.4 Å². The second-order valence-corrected chi connectivity index (χ2v) is 6.92.